The molecular weight excluding hydrogens is 414 g/mol. The Morgan fingerprint density at radius 3 is 1.87 bits per heavy atom. The number of esters is 4. The predicted octanol–water partition coefficient (Wildman–Crippen LogP) is 0.376. The molecule has 2 aliphatic rings. The summed E-state index contributed by atoms with van der Waals surface area (Å²) in [5, 5.41) is 2.74. The molecule has 2 fully saturated rings. The van der Waals surface area contributed by atoms with E-state index in [2.05, 4.69) is 5.32 Å². The van der Waals surface area contributed by atoms with Gasteiger partial charge in [-0.2, -0.15) is 0 Å². The average molecular weight is 443 g/mol. The van der Waals surface area contributed by atoms with Crippen LogP contribution in [0.4, 0.5) is 0 Å². The first-order chi connectivity index (χ1) is 14.6. The van der Waals surface area contributed by atoms with Gasteiger partial charge in [-0.05, 0) is 12.8 Å². The lowest BCUT2D eigenvalue weighted by Crippen LogP contribution is -2.67. The minimum absolute atomic E-state index is 0.234. The third-order valence-electron chi connectivity index (χ3n) is 5.02. The van der Waals surface area contributed by atoms with E-state index < -0.39 is 54.5 Å². The van der Waals surface area contributed by atoms with Crippen LogP contribution >= 0.6 is 0 Å². The second-order valence-corrected chi connectivity index (χ2v) is 7.62. The molecule has 5 atom stereocenters. The van der Waals surface area contributed by atoms with Crippen LogP contribution in [0.25, 0.3) is 0 Å². The monoisotopic (exact) mass is 443 g/mol. The Hall–Kier alpha value is -2.69. The highest BCUT2D eigenvalue weighted by molar-refractivity contribution is 5.79. The zero-order chi connectivity index (χ0) is 23.1. The zero-order valence-corrected chi connectivity index (χ0v) is 18.1. The molecule has 1 N–H and O–H groups in total. The number of rotatable bonds is 7. The van der Waals surface area contributed by atoms with E-state index in [-0.39, 0.29) is 18.4 Å². The molecule has 0 radical (unpaired) electrons. The van der Waals surface area contributed by atoms with Crippen LogP contribution in [0.1, 0.15) is 53.4 Å². The van der Waals surface area contributed by atoms with Crippen molar-refractivity contribution in [3.8, 4) is 0 Å². The molecule has 1 aliphatic carbocycles. The standard InChI is InChI=1S/C20H29NO10/c1-10(22)27-9-15-17(28-11(2)23)18(29-12(3)24)16(20(31-15)30-13(4)25)21-19(26)14-7-5-6-8-14/h14-18,20H,5-9H2,1-4H3,(H,21,26)/t15?,16-,17+,18?,20-/m1/s1. The summed E-state index contributed by atoms with van der Waals surface area (Å²) in [5.74, 6) is -3.27. The summed E-state index contributed by atoms with van der Waals surface area (Å²) in [7, 11) is 0. The van der Waals surface area contributed by atoms with E-state index >= 15 is 0 Å². The quantitative estimate of drug-likeness (QED) is 0.433. The molecule has 0 aromatic rings. The lowest BCUT2D eigenvalue weighted by atomic mass is 9.95. The fourth-order valence-corrected chi connectivity index (χ4v) is 3.79. The summed E-state index contributed by atoms with van der Waals surface area (Å²) in [4.78, 5) is 59.3. The van der Waals surface area contributed by atoms with Crippen molar-refractivity contribution in [3.63, 3.8) is 0 Å². The SMILES string of the molecule is CC(=O)OCC1O[C@@H](OC(C)=O)[C@H](NC(=O)C2CCCC2)C(OC(C)=O)[C@H]1OC(C)=O. The summed E-state index contributed by atoms with van der Waals surface area (Å²) in [5.41, 5.74) is 0. The molecule has 0 aromatic heterocycles. The fourth-order valence-electron chi connectivity index (χ4n) is 3.79. The third-order valence-corrected chi connectivity index (χ3v) is 5.02. The van der Waals surface area contributed by atoms with Crippen LogP contribution in [-0.4, -0.2) is 67.0 Å². The summed E-state index contributed by atoms with van der Waals surface area (Å²) in [6.45, 7) is 4.28. The van der Waals surface area contributed by atoms with Crippen LogP contribution in [0.15, 0.2) is 0 Å². The molecule has 0 aromatic carbocycles. The van der Waals surface area contributed by atoms with E-state index in [4.69, 9.17) is 23.7 Å². The Labute approximate surface area is 180 Å². The first-order valence-corrected chi connectivity index (χ1v) is 10.2. The summed E-state index contributed by atoms with van der Waals surface area (Å²) in [6.07, 6.45) is -1.69. The minimum Gasteiger partial charge on any atom is -0.463 e. The van der Waals surface area contributed by atoms with Gasteiger partial charge in [0.2, 0.25) is 12.2 Å². The van der Waals surface area contributed by atoms with Gasteiger partial charge in [-0.25, -0.2) is 0 Å². The van der Waals surface area contributed by atoms with Crippen LogP contribution < -0.4 is 5.32 Å². The lowest BCUT2D eigenvalue weighted by molar-refractivity contribution is -0.271. The van der Waals surface area contributed by atoms with Crippen LogP contribution in [-0.2, 0) is 47.7 Å². The van der Waals surface area contributed by atoms with Crippen LogP contribution in [0, 0.1) is 5.92 Å². The van der Waals surface area contributed by atoms with Gasteiger partial charge < -0.3 is 29.0 Å². The summed E-state index contributed by atoms with van der Waals surface area (Å²) < 4.78 is 26.6. The van der Waals surface area contributed by atoms with Gasteiger partial charge >= 0.3 is 23.9 Å². The number of hydrogen-bond donors (Lipinski definition) is 1. The number of hydrogen-bond acceptors (Lipinski definition) is 10. The molecule has 1 saturated carbocycles. The van der Waals surface area contributed by atoms with Crippen molar-refractivity contribution in [3.05, 3.63) is 0 Å². The summed E-state index contributed by atoms with van der Waals surface area (Å²) in [6, 6.07) is -1.14. The van der Waals surface area contributed by atoms with Crippen LogP contribution in [0.5, 0.6) is 0 Å². The van der Waals surface area contributed by atoms with Crippen molar-refractivity contribution >= 4 is 29.8 Å². The highest BCUT2D eigenvalue weighted by Gasteiger charge is 2.52. The molecule has 1 amide bonds. The van der Waals surface area contributed by atoms with E-state index in [1.807, 2.05) is 0 Å². The van der Waals surface area contributed by atoms with Gasteiger partial charge in [-0.1, -0.05) is 12.8 Å². The van der Waals surface area contributed by atoms with Crippen molar-refractivity contribution in [2.24, 2.45) is 5.92 Å². The Balaban J connectivity index is 2.37. The van der Waals surface area contributed by atoms with E-state index in [1.54, 1.807) is 0 Å². The molecule has 11 nitrogen and oxygen atoms in total. The normalized spacial score (nSPS) is 28.3. The van der Waals surface area contributed by atoms with Gasteiger partial charge in [-0.3, -0.25) is 24.0 Å². The number of nitrogens with one attached hydrogen (secondary N) is 1. The largest absolute Gasteiger partial charge is 0.463 e. The van der Waals surface area contributed by atoms with Gasteiger partial charge in [-0.15, -0.1) is 0 Å². The number of ether oxygens (including phenoxy) is 5. The van der Waals surface area contributed by atoms with E-state index in [0.717, 1.165) is 33.6 Å². The maximum Gasteiger partial charge on any atom is 0.305 e. The maximum atomic E-state index is 12.8. The molecular formula is C20H29NO10. The Morgan fingerprint density at radius 2 is 1.35 bits per heavy atom. The van der Waals surface area contributed by atoms with E-state index in [9.17, 15) is 24.0 Å². The first kappa shape index (κ1) is 24.6. The highest BCUT2D eigenvalue weighted by Crippen LogP contribution is 2.30. The molecule has 2 rings (SSSR count). The molecule has 11 heteroatoms. The van der Waals surface area contributed by atoms with E-state index in [1.165, 1.54) is 6.92 Å². The Morgan fingerprint density at radius 1 is 0.806 bits per heavy atom. The molecule has 1 heterocycles. The van der Waals surface area contributed by atoms with Crippen molar-refractivity contribution in [2.45, 2.75) is 84.0 Å². The van der Waals surface area contributed by atoms with Gasteiger partial charge in [0.1, 0.15) is 18.8 Å². The summed E-state index contributed by atoms with van der Waals surface area (Å²) >= 11 is 0. The molecule has 0 bridgehead atoms. The fraction of sp³-hybridized carbons (Fsp3) is 0.750. The third kappa shape index (κ3) is 7.20. The molecule has 174 valence electrons. The van der Waals surface area contributed by atoms with Crippen molar-refractivity contribution in [1.29, 1.82) is 0 Å². The van der Waals surface area contributed by atoms with Crippen LogP contribution in [0.3, 0.4) is 0 Å². The number of carbonyl (C=O) groups is 5. The lowest BCUT2D eigenvalue weighted by Gasteiger charge is -2.44. The van der Waals surface area contributed by atoms with Gasteiger partial charge in [0.05, 0.1) is 0 Å². The van der Waals surface area contributed by atoms with Crippen molar-refractivity contribution < 1.29 is 47.7 Å². The van der Waals surface area contributed by atoms with Gasteiger partial charge in [0.15, 0.2) is 12.2 Å². The number of amides is 1. The Kier molecular flexibility index (Phi) is 8.78. The highest BCUT2D eigenvalue weighted by atomic mass is 16.7. The van der Waals surface area contributed by atoms with Crippen LogP contribution in [0.2, 0.25) is 0 Å². The molecule has 0 spiro atoms. The maximum absolute atomic E-state index is 12.8. The minimum atomic E-state index is -1.36. The molecule has 2 unspecified atom stereocenters. The van der Waals surface area contributed by atoms with Crippen molar-refractivity contribution in [1.82, 2.24) is 5.32 Å². The smallest absolute Gasteiger partial charge is 0.305 e. The topological polar surface area (TPSA) is 144 Å². The first-order valence-electron chi connectivity index (χ1n) is 10.2. The second-order valence-electron chi connectivity index (χ2n) is 7.62. The predicted molar refractivity (Wildman–Crippen MR) is 102 cm³/mol. The second kappa shape index (κ2) is 11.1. The molecule has 31 heavy (non-hydrogen) atoms. The van der Waals surface area contributed by atoms with Gasteiger partial charge in [0, 0.05) is 33.6 Å². The Bertz CT molecular complexity index is 702. The average Bonchev–Trinajstić information content (AvgIpc) is 3.18. The molecule has 1 aliphatic heterocycles. The van der Waals surface area contributed by atoms with E-state index in [0.29, 0.717) is 12.8 Å². The molecule has 1 saturated heterocycles. The number of carbonyl (C=O) groups excluding carboxylic acids is 5. The van der Waals surface area contributed by atoms with Gasteiger partial charge in [0.25, 0.3) is 0 Å². The zero-order valence-electron chi connectivity index (χ0n) is 18.1. The van der Waals surface area contributed by atoms with Crippen molar-refractivity contribution in [2.75, 3.05) is 6.61 Å².